The molecule has 0 spiro atoms. The predicted octanol–water partition coefficient (Wildman–Crippen LogP) is 6.31. The van der Waals surface area contributed by atoms with E-state index in [4.69, 9.17) is 5.11 Å². The number of aliphatic hydroxyl groups excluding tert-OH is 1. The van der Waals surface area contributed by atoms with E-state index in [9.17, 15) is 9.59 Å². The smallest absolute Gasteiger partial charge is 0.142 e. The monoisotopic (exact) mass is 376 g/mol. The van der Waals surface area contributed by atoms with E-state index in [1.165, 1.54) is 12.5 Å². The predicted molar refractivity (Wildman–Crippen MR) is 119 cm³/mol. The average molecular weight is 377 g/mol. The Morgan fingerprint density at radius 3 is 1.59 bits per heavy atom. The van der Waals surface area contributed by atoms with Crippen LogP contribution in [-0.4, -0.2) is 24.3 Å². The standard InChI is InChI=1S/2C8H14O.C8H12O/c3*1-2-3-4-5-6-7-8-9/h2,8H,1,3-7H2;2,6-7,9H,1,3-5,8H2;2,6-8H,1,3-5H2/b;2*7-6+. The highest BCUT2D eigenvalue weighted by molar-refractivity contribution is 5.64. The maximum absolute atomic E-state index is 9.82. The lowest BCUT2D eigenvalue weighted by Crippen LogP contribution is -1.76. The summed E-state index contributed by atoms with van der Waals surface area (Å²) in [5.74, 6) is 0. The molecular formula is C24H40O3. The van der Waals surface area contributed by atoms with E-state index < -0.39 is 0 Å². The van der Waals surface area contributed by atoms with Crippen LogP contribution in [0.4, 0.5) is 0 Å². The summed E-state index contributed by atoms with van der Waals surface area (Å²) in [6.07, 6.45) is 26.2. The Hall–Kier alpha value is -2.00. The van der Waals surface area contributed by atoms with E-state index in [0.717, 1.165) is 76.8 Å². The molecule has 3 heteroatoms. The fraction of sp³-hybridized carbons (Fsp3) is 0.500. The molecule has 0 rings (SSSR count). The Labute approximate surface area is 167 Å². The second kappa shape index (κ2) is 35.2. The van der Waals surface area contributed by atoms with E-state index in [-0.39, 0.29) is 6.61 Å². The van der Waals surface area contributed by atoms with Gasteiger partial charge in [0.25, 0.3) is 0 Å². The second-order valence-electron chi connectivity index (χ2n) is 5.75. The number of aliphatic hydroxyl groups is 1. The molecule has 0 atom stereocenters. The second-order valence-corrected chi connectivity index (χ2v) is 5.75. The van der Waals surface area contributed by atoms with Crippen LogP contribution >= 0.6 is 0 Å². The molecule has 0 aliphatic carbocycles. The number of carbonyl (C=O) groups is 2. The number of rotatable bonds is 16. The number of allylic oxidation sites excluding steroid dienone is 6. The van der Waals surface area contributed by atoms with Crippen molar-refractivity contribution in [3.8, 4) is 0 Å². The number of carbonyl (C=O) groups excluding carboxylic acids is 2. The molecule has 1 N–H and O–H groups in total. The topological polar surface area (TPSA) is 54.4 Å². The van der Waals surface area contributed by atoms with Gasteiger partial charge in [-0.05, 0) is 63.9 Å². The normalized spacial score (nSPS) is 9.67. The lowest BCUT2D eigenvalue weighted by atomic mass is 10.1. The molecule has 27 heavy (non-hydrogen) atoms. The zero-order valence-electron chi connectivity index (χ0n) is 17.1. The van der Waals surface area contributed by atoms with Crippen LogP contribution in [0.3, 0.4) is 0 Å². The van der Waals surface area contributed by atoms with E-state index in [2.05, 4.69) is 19.7 Å². The lowest BCUT2D eigenvalue weighted by Gasteiger charge is -1.91. The zero-order chi connectivity index (χ0) is 20.8. The molecule has 0 fully saturated rings. The third-order valence-corrected chi connectivity index (χ3v) is 3.28. The van der Waals surface area contributed by atoms with Crippen LogP contribution in [0.15, 0.2) is 62.3 Å². The van der Waals surface area contributed by atoms with Gasteiger partial charge in [0.1, 0.15) is 12.6 Å². The van der Waals surface area contributed by atoms with Crippen LogP contribution in [0.1, 0.15) is 70.6 Å². The molecule has 0 aromatic carbocycles. The van der Waals surface area contributed by atoms with Crippen molar-refractivity contribution in [2.45, 2.75) is 70.6 Å². The molecule has 154 valence electrons. The molecule has 0 bridgehead atoms. The minimum absolute atomic E-state index is 0.161. The van der Waals surface area contributed by atoms with Gasteiger partial charge in [0.05, 0.1) is 6.61 Å². The summed E-state index contributed by atoms with van der Waals surface area (Å²) in [7, 11) is 0. The van der Waals surface area contributed by atoms with Gasteiger partial charge in [-0.2, -0.15) is 0 Å². The average Bonchev–Trinajstić information content (AvgIpc) is 2.69. The summed E-state index contributed by atoms with van der Waals surface area (Å²) >= 11 is 0. The van der Waals surface area contributed by atoms with E-state index in [1.54, 1.807) is 6.08 Å². The van der Waals surface area contributed by atoms with Gasteiger partial charge in [0.15, 0.2) is 0 Å². The van der Waals surface area contributed by atoms with Gasteiger partial charge < -0.3 is 9.90 Å². The molecule has 0 aromatic heterocycles. The van der Waals surface area contributed by atoms with Gasteiger partial charge >= 0.3 is 0 Å². The maximum atomic E-state index is 9.82. The van der Waals surface area contributed by atoms with Crippen molar-refractivity contribution in [1.82, 2.24) is 0 Å². The first-order chi connectivity index (χ1) is 13.2. The summed E-state index contributed by atoms with van der Waals surface area (Å²) in [5, 5.41) is 8.32. The number of unbranched alkanes of at least 4 members (excludes halogenated alkanes) is 8. The van der Waals surface area contributed by atoms with Crippen LogP contribution in [0.25, 0.3) is 0 Å². The molecule has 0 amide bonds. The highest BCUT2D eigenvalue weighted by atomic mass is 16.2. The van der Waals surface area contributed by atoms with E-state index in [0.29, 0.717) is 0 Å². The van der Waals surface area contributed by atoms with Crippen LogP contribution in [0.2, 0.25) is 0 Å². The van der Waals surface area contributed by atoms with Crippen molar-refractivity contribution in [3.05, 3.63) is 62.3 Å². The Bertz CT molecular complexity index is 371. The van der Waals surface area contributed by atoms with Gasteiger partial charge in [-0.3, -0.25) is 4.79 Å². The number of hydrogen-bond acceptors (Lipinski definition) is 3. The van der Waals surface area contributed by atoms with Crippen molar-refractivity contribution in [1.29, 1.82) is 0 Å². The van der Waals surface area contributed by atoms with E-state index in [1.807, 2.05) is 30.4 Å². The molecule has 0 saturated heterocycles. The third-order valence-electron chi connectivity index (χ3n) is 3.28. The summed E-state index contributed by atoms with van der Waals surface area (Å²) in [4.78, 5) is 19.5. The van der Waals surface area contributed by atoms with Gasteiger partial charge in [0, 0.05) is 6.42 Å². The van der Waals surface area contributed by atoms with Crippen molar-refractivity contribution in [2.75, 3.05) is 6.61 Å². The van der Waals surface area contributed by atoms with Crippen LogP contribution in [-0.2, 0) is 9.59 Å². The highest BCUT2D eigenvalue weighted by Gasteiger charge is 1.84. The third kappa shape index (κ3) is 45.4. The Kier molecular flexibility index (Phi) is 38.8. The molecule has 0 radical (unpaired) electrons. The fourth-order valence-corrected chi connectivity index (χ4v) is 1.80. The maximum Gasteiger partial charge on any atom is 0.142 e. The Morgan fingerprint density at radius 1 is 0.593 bits per heavy atom. The van der Waals surface area contributed by atoms with Gasteiger partial charge in [-0.1, -0.05) is 42.9 Å². The first-order valence-electron chi connectivity index (χ1n) is 9.87. The van der Waals surface area contributed by atoms with Crippen LogP contribution < -0.4 is 0 Å². The van der Waals surface area contributed by atoms with Gasteiger partial charge in [-0.25, -0.2) is 0 Å². The largest absolute Gasteiger partial charge is 0.392 e. The Morgan fingerprint density at radius 2 is 1.11 bits per heavy atom. The SMILES string of the molecule is C=CCCC/C=C/C=O.C=CCCC/C=C/CO.C=CCCCCCC=O. The van der Waals surface area contributed by atoms with E-state index >= 15 is 0 Å². The molecule has 0 saturated carbocycles. The quantitative estimate of drug-likeness (QED) is 0.149. The van der Waals surface area contributed by atoms with Crippen LogP contribution in [0.5, 0.6) is 0 Å². The number of aldehydes is 2. The van der Waals surface area contributed by atoms with Gasteiger partial charge in [0.2, 0.25) is 0 Å². The molecule has 0 heterocycles. The van der Waals surface area contributed by atoms with Crippen molar-refractivity contribution in [2.24, 2.45) is 0 Å². The first kappa shape index (κ1) is 29.8. The molecular weight excluding hydrogens is 336 g/mol. The molecule has 0 aliphatic rings. The lowest BCUT2D eigenvalue weighted by molar-refractivity contribution is -0.108. The zero-order valence-corrected chi connectivity index (χ0v) is 17.1. The summed E-state index contributed by atoms with van der Waals surface area (Å²) in [5.41, 5.74) is 0. The minimum Gasteiger partial charge on any atom is -0.392 e. The first-order valence-corrected chi connectivity index (χ1v) is 9.87. The minimum atomic E-state index is 0.161. The summed E-state index contributed by atoms with van der Waals surface area (Å²) in [6, 6.07) is 0. The summed E-state index contributed by atoms with van der Waals surface area (Å²) < 4.78 is 0. The highest BCUT2D eigenvalue weighted by Crippen LogP contribution is 2.01. The molecule has 0 aromatic rings. The fourth-order valence-electron chi connectivity index (χ4n) is 1.80. The van der Waals surface area contributed by atoms with Crippen molar-refractivity contribution < 1.29 is 14.7 Å². The van der Waals surface area contributed by atoms with Gasteiger partial charge in [-0.15, -0.1) is 19.7 Å². The van der Waals surface area contributed by atoms with Crippen molar-refractivity contribution >= 4 is 12.6 Å². The molecule has 3 nitrogen and oxygen atoms in total. The van der Waals surface area contributed by atoms with Crippen molar-refractivity contribution in [3.63, 3.8) is 0 Å². The molecule has 0 unspecified atom stereocenters. The number of hydrogen-bond donors (Lipinski definition) is 1. The summed E-state index contributed by atoms with van der Waals surface area (Å²) in [6.45, 7) is 11.0. The van der Waals surface area contributed by atoms with Crippen LogP contribution in [0, 0.1) is 0 Å². The molecule has 0 aliphatic heterocycles. The Balaban J connectivity index is -0.000000320.